The summed E-state index contributed by atoms with van der Waals surface area (Å²) in [6.45, 7) is 2.74. The fourth-order valence-electron chi connectivity index (χ4n) is 2.47. The number of carbonyl (C=O) groups excluding carboxylic acids is 1. The van der Waals surface area contributed by atoms with Crippen LogP contribution in [0.2, 0.25) is 0 Å². The number of likely N-dealkylation sites (tertiary alicyclic amines) is 1. The number of hydrogen-bond donors (Lipinski definition) is 1. The van der Waals surface area contributed by atoms with E-state index in [1.807, 2.05) is 11.9 Å². The van der Waals surface area contributed by atoms with Gasteiger partial charge in [0.15, 0.2) is 0 Å². The van der Waals surface area contributed by atoms with Crippen molar-refractivity contribution in [3.63, 3.8) is 0 Å². The van der Waals surface area contributed by atoms with E-state index in [4.69, 9.17) is 10.5 Å². The second-order valence-electron chi connectivity index (χ2n) is 5.25. The number of carbonyl (C=O) groups is 1. The third-order valence-electron chi connectivity index (χ3n) is 3.68. The first-order valence-electron chi connectivity index (χ1n) is 6.76. The lowest BCUT2D eigenvalue weighted by Crippen LogP contribution is -2.51. The molecule has 2 unspecified atom stereocenters. The molecule has 0 bridgehead atoms. The Morgan fingerprint density at radius 1 is 1.61 bits per heavy atom. The molecule has 1 rings (SSSR count). The predicted octanol–water partition coefficient (Wildman–Crippen LogP) is 0.293. The summed E-state index contributed by atoms with van der Waals surface area (Å²) in [5.74, 6) is 0.0615. The number of rotatable bonds is 6. The monoisotopic (exact) mass is 257 g/mol. The third kappa shape index (κ3) is 4.55. The lowest BCUT2D eigenvalue weighted by atomic mass is 10.0. The van der Waals surface area contributed by atoms with Crippen LogP contribution in [0.5, 0.6) is 0 Å². The van der Waals surface area contributed by atoms with Crippen LogP contribution in [0.1, 0.15) is 25.7 Å². The highest BCUT2D eigenvalue weighted by Gasteiger charge is 2.27. The zero-order chi connectivity index (χ0) is 13.5. The summed E-state index contributed by atoms with van der Waals surface area (Å²) in [7, 11) is 5.64. The molecule has 0 aromatic heterocycles. The van der Waals surface area contributed by atoms with E-state index in [-0.39, 0.29) is 5.91 Å². The van der Waals surface area contributed by atoms with Gasteiger partial charge in [-0.25, -0.2) is 0 Å². The molecule has 5 heteroatoms. The molecule has 2 N–H and O–H groups in total. The van der Waals surface area contributed by atoms with Crippen molar-refractivity contribution in [1.82, 2.24) is 9.80 Å². The van der Waals surface area contributed by atoms with E-state index < -0.39 is 6.04 Å². The minimum atomic E-state index is -0.391. The molecule has 18 heavy (non-hydrogen) atoms. The molecule has 0 radical (unpaired) electrons. The smallest absolute Gasteiger partial charge is 0.239 e. The van der Waals surface area contributed by atoms with Crippen LogP contribution >= 0.6 is 0 Å². The van der Waals surface area contributed by atoms with Crippen LogP contribution in [0, 0.1) is 0 Å². The van der Waals surface area contributed by atoms with E-state index in [0.717, 1.165) is 32.4 Å². The fraction of sp³-hybridized carbons (Fsp3) is 0.923. The van der Waals surface area contributed by atoms with Crippen LogP contribution in [-0.2, 0) is 9.53 Å². The van der Waals surface area contributed by atoms with Crippen LogP contribution < -0.4 is 5.73 Å². The molecule has 0 saturated carbocycles. The molecule has 1 aliphatic heterocycles. The second-order valence-corrected chi connectivity index (χ2v) is 5.25. The van der Waals surface area contributed by atoms with Crippen molar-refractivity contribution in [1.29, 1.82) is 0 Å². The van der Waals surface area contributed by atoms with Crippen molar-refractivity contribution >= 4 is 5.91 Å². The minimum Gasteiger partial charge on any atom is -0.385 e. The van der Waals surface area contributed by atoms with Gasteiger partial charge in [0.1, 0.15) is 0 Å². The maximum Gasteiger partial charge on any atom is 0.239 e. The summed E-state index contributed by atoms with van der Waals surface area (Å²) in [5, 5.41) is 0. The largest absolute Gasteiger partial charge is 0.385 e. The molecule has 0 aliphatic carbocycles. The molecular weight excluding hydrogens is 230 g/mol. The predicted molar refractivity (Wildman–Crippen MR) is 72.4 cm³/mol. The lowest BCUT2D eigenvalue weighted by Gasteiger charge is -2.36. The molecule has 2 atom stereocenters. The highest BCUT2D eigenvalue weighted by molar-refractivity contribution is 5.81. The Kier molecular flexibility index (Phi) is 6.60. The fourth-order valence-corrected chi connectivity index (χ4v) is 2.47. The van der Waals surface area contributed by atoms with Crippen LogP contribution in [-0.4, -0.2) is 68.7 Å². The Balaban J connectivity index is 2.39. The Morgan fingerprint density at radius 2 is 2.33 bits per heavy atom. The van der Waals surface area contributed by atoms with Crippen LogP contribution in [0.4, 0.5) is 0 Å². The number of piperidine rings is 1. The summed E-state index contributed by atoms with van der Waals surface area (Å²) < 4.78 is 4.98. The van der Waals surface area contributed by atoms with Gasteiger partial charge in [-0.05, 0) is 39.3 Å². The molecule has 1 saturated heterocycles. The SMILES string of the molecule is COCCCC(N)C(=O)N(C)C1CCCN(C)C1. The van der Waals surface area contributed by atoms with Gasteiger partial charge in [-0.1, -0.05) is 0 Å². The second kappa shape index (κ2) is 7.71. The van der Waals surface area contributed by atoms with Crippen LogP contribution in [0.3, 0.4) is 0 Å². The number of amides is 1. The zero-order valence-corrected chi connectivity index (χ0v) is 11.9. The van der Waals surface area contributed by atoms with E-state index in [1.54, 1.807) is 7.11 Å². The first-order chi connectivity index (χ1) is 8.56. The normalized spacial score (nSPS) is 22.8. The maximum atomic E-state index is 12.2. The van der Waals surface area contributed by atoms with Gasteiger partial charge >= 0.3 is 0 Å². The summed E-state index contributed by atoms with van der Waals surface area (Å²) >= 11 is 0. The van der Waals surface area contributed by atoms with Crippen molar-refractivity contribution in [3.05, 3.63) is 0 Å². The number of hydrogen-bond acceptors (Lipinski definition) is 4. The molecule has 1 heterocycles. The molecule has 0 aromatic carbocycles. The minimum absolute atomic E-state index is 0.0615. The Morgan fingerprint density at radius 3 is 2.94 bits per heavy atom. The van der Waals surface area contributed by atoms with Crippen molar-refractivity contribution in [2.24, 2.45) is 5.73 Å². The van der Waals surface area contributed by atoms with Gasteiger partial charge in [0.2, 0.25) is 5.91 Å². The van der Waals surface area contributed by atoms with E-state index in [1.165, 1.54) is 0 Å². The third-order valence-corrected chi connectivity index (χ3v) is 3.68. The first kappa shape index (κ1) is 15.4. The van der Waals surface area contributed by atoms with E-state index in [9.17, 15) is 4.79 Å². The highest BCUT2D eigenvalue weighted by atomic mass is 16.5. The van der Waals surface area contributed by atoms with Gasteiger partial charge in [-0.3, -0.25) is 4.79 Å². The maximum absolute atomic E-state index is 12.2. The highest BCUT2D eigenvalue weighted by Crippen LogP contribution is 2.14. The van der Waals surface area contributed by atoms with E-state index >= 15 is 0 Å². The molecule has 106 valence electrons. The van der Waals surface area contributed by atoms with E-state index in [0.29, 0.717) is 19.1 Å². The number of methoxy groups -OCH3 is 1. The van der Waals surface area contributed by atoms with Gasteiger partial charge in [-0.15, -0.1) is 0 Å². The molecule has 0 spiro atoms. The number of likely N-dealkylation sites (N-methyl/N-ethyl adjacent to an activating group) is 2. The van der Waals surface area contributed by atoms with Gasteiger partial charge in [-0.2, -0.15) is 0 Å². The Bertz CT molecular complexity index is 261. The van der Waals surface area contributed by atoms with Crippen molar-refractivity contribution < 1.29 is 9.53 Å². The first-order valence-corrected chi connectivity index (χ1v) is 6.76. The number of ether oxygens (including phenoxy) is 1. The average molecular weight is 257 g/mol. The van der Waals surface area contributed by atoms with Gasteiger partial charge in [0.05, 0.1) is 6.04 Å². The quantitative estimate of drug-likeness (QED) is 0.695. The molecule has 0 aromatic rings. The standard InChI is InChI=1S/C13H27N3O2/c1-15-8-4-6-11(10-15)16(2)13(17)12(14)7-5-9-18-3/h11-12H,4-10,14H2,1-3H3. The van der Waals surface area contributed by atoms with Crippen molar-refractivity contribution in [2.45, 2.75) is 37.8 Å². The van der Waals surface area contributed by atoms with Gasteiger partial charge < -0.3 is 20.3 Å². The lowest BCUT2D eigenvalue weighted by molar-refractivity contribution is -0.134. The molecule has 5 nitrogen and oxygen atoms in total. The molecule has 1 amide bonds. The number of nitrogens with zero attached hydrogens (tertiary/aromatic N) is 2. The van der Waals surface area contributed by atoms with Crippen molar-refractivity contribution in [2.75, 3.05) is 40.9 Å². The van der Waals surface area contributed by atoms with E-state index in [2.05, 4.69) is 11.9 Å². The molecular formula is C13H27N3O2. The number of nitrogens with two attached hydrogens (primary N) is 1. The Hall–Kier alpha value is -0.650. The summed E-state index contributed by atoms with van der Waals surface area (Å²) in [5.41, 5.74) is 5.94. The molecule has 1 fully saturated rings. The summed E-state index contributed by atoms with van der Waals surface area (Å²) in [6.07, 6.45) is 3.76. The van der Waals surface area contributed by atoms with Crippen molar-refractivity contribution in [3.8, 4) is 0 Å². The molecule has 1 aliphatic rings. The zero-order valence-electron chi connectivity index (χ0n) is 11.9. The van der Waals surface area contributed by atoms with Gasteiger partial charge in [0, 0.05) is 33.4 Å². The Labute approximate surface area is 110 Å². The van der Waals surface area contributed by atoms with Gasteiger partial charge in [0.25, 0.3) is 0 Å². The topological polar surface area (TPSA) is 58.8 Å². The average Bonchev–Trinajstić information content (AvgIpc) is 2.37. The summed E-state index contributed by atoms with van der Waals surface area (Å²) in [6, 6.07) is -0.0814. The van der Waals surface area contributed by atoms with Crippen LogP contribution in [0.25, 0.3) is 0 Å². The van der Waals surface area contributed by atoms with Crippen LogP contribution in [0.15, 0.2) is 0 Å². The summed E-state index contributed by atoms with van der Waals surface area (Å²) in [4.78, 5) is 16.3.